The third-order valence-electron chi connectivity index (χ3n) is 6.53. The molecule has 1 saturated carbocycles. The predicted octanol–water partition coefficient (Wildman–Crippen LogP) is 4.16. The van der Waals surface area contributed by atoms with Crippen LogP contribution in [0, 0.1) is 11.8 Å². The van der Waals surface area contributed by atoms with Gasteiger partial charge in [-0.15, -0.1) is 0 Å². The van der Waals surface area contributed by atoms with E-state index in [1.54, 1.807) is 5.01 Å². The SMILES string of the molecule is N/C=C1/c2ccccc2C(CC(=O)C2CCC(COCc3ccccc3)CC2)N1N. The average molecular weight is 406 g/mol. The first-order chi connectivity index (χ1) is 14.7. The van der Waals surface area contributed by atoms with E-state index in [1.165, 1.54) is 11.8 Å². The van der Waals surface area contributed by atoms with Gasteiger partial charge in [0.2, 0.25) is 0 Å². The van der Waals surface area contributed by atoms with Gasteiger partial charge >= 0.3 is 0 Å². The Kier molecular flexibility index (Phi) is 6.50. The summed E-state index contributed by atoms with van der Waals surface area (Å²) >= 11 is 0. The number of nitrogens with two attached hydrogens (primary N) is 2. The number of ketones is 1. The van der Waals surface area contributed by atoms with Crippen LogP contribution in [0.15, 0.2) is 60.8 Å². The van der Waals surface area contributed by atoms with Crippen LogP contribution >= 0.6 is 0 Å². The monoisotopic (exact) mass is 405 g/mol. The Morgan fingerprint density at radius 2 is 1.73 bits per heavy atom. The van der Waals surface area contributed by atoms with E-state index in [4.69, 9.17) is 16.3 Å². The molecular formula is C25H31N3O2. The minimum absolute atomic E-state index is 0.127. The van der Waals surface area contributed by atoms with Crippen molar-refractivity contribution in [2.45, 2.75) is 44.8 Å². The highest BCUT2D eigenvalue weighted by Crippen LogP contribution is 2.41. The Balaban J connectivity index is 1.27. The van der Waals surface area contributed by atoms with E-state index in [1.807, 2.05) is 42.5 Å². The van der Waals surface area contributed by atoms with Gasteiger partial charge in [-0.25, -0.2) is 5.84 Å². The van der Waals surface area contributed by atoms with Crippen molar-refractivity contribution < 1.29 is 9.53 Å². The highest BCUT2D eigenvalue weighted by Gasteiger charge is 2.35. The second-order valence-electron chi connectivity index (χ2n) is 8.45. The molecule has 2 aromatic carbocycles. The first-order valence-corrected chi connectivity index (χ1v) is 10.9. The molecular weight excluding hydrogens is 374 g/mol. The number of nitrogens with zero attached hydrogens (tertiary/aromatic N) is 1. The van der Waals surface area contributed by atoms with E-state index < -0.39 is 0 Å². The van der Waals surface area contributed by atoms with Crippen LogP contribution in [0.2, 0.25) is 0 Å². The van der Waals surface area contributed by atoms with E-state index in [2.05, 4.69) is 12.1 Å². The lowest BCUT2D eigenvalue weighted by Crippen LogP contribution is -2.32. The zero-order chi connectivity index (χ0) is 20.9. The quantitative estimate of drug-likeness (QED) is 0.676. The van der Waals surface area contributed by atoms with Crippen molar-refractivity contribution in [3.05, 3.63) is 77.5 Å². The summed E-state index contributed by atoms with van der Waals surface area (Å²) < 4.78 is 5.91. The summed E-state index contributed by atoms with van der Waals surface area (Å²) in [6.45, 7) is 1.43. The first-order valence-electron chi connectivity index (χ1n) is 10.9. The minimum atomic E-state index is -0.129. The van der Waals surface area contributed by atoms with E-state index in [-0.39, 0.29) is 12.0 Å². The summed E-state index contributed by atoms with van der Waals surface area (Å²) in [5.74, 6) is 7.29. The van der Waals surface area contributed by atoms with Crippen LogP contribution in [-0.2, 0) is 16.1 Å². The van der Waals surface area contributed by atoms with Crippen molar-refractivity contribution in [2.24, 2.45) is 23.4 Å². The van der Waals surface area contributed by atoms with Gasteiger partial charge in [0, 0.05) is 30.7 Å². The molecule has 1 aliphatic carbocycles. The van der Waals surface area contributed by atoms with Crippen LogP contribution in [-0.4, -0.2) is 17.4 Å². The number of hydrogen-bond donors (Lipinski definition) is 2. The molecule has 1 atom stereocenters. The van der Waals surface area contributed by atoms with Gasteiger partial charge in [0.15, 0.2) is 0 Å². The molecule has 0 amide bonds. The molecule has 0 aromatic heterocycles. The van der Waals surface area contributed by atoms with Crippen LogP contribution in [0.25, 0.3) is 5.70 Å². The maximum atomic E-state index is 13.0. The fourth-order valence-electron chi connectivity index (χ4n) is 4.79. The number of rotatable bonds is 7. The molecule has 0 saturated heterocycles. The van der Waals surface area contributed by atoms with E-state index in [0.29, 0.717) is 24.7 Å². The molecule has 0 spiro atoms. The molecule has 4 rings (SSSR count). The first kappa shape index (κ1) is 20.6. The fourth-order valence-corrected chi connectivity index (χ4v) is 4.79. The molecule has 2 aromatic rings. The molecule has 5 heteroatoms. The van der Waals surface area contributed by atoms with Gasteiger partial charge in [0.05, 0.1) is 18.3 Å². The molecule has 4 N–H and O–H groups in total. The summed E-state index contributed by atoms with van der Waals surface area (Å²) in [5, 5.41) is 1.66. The van der Waals surface area contributed by atoms with Crippen molar-refractivity contribution >= 4 is 11.5 Å². The molecule has 0 radical (unpaired) electrons. The van der Waals surface area contributed by atoms with Gasteiger partial charge in [-0.1, -0.05) is 54.6 Å². The summed E-state index contributed by atoms with van der Waals surface area (Å²) in [4.78, 5) is 13.0. The number of Topliss-reactive ketones (excluding diaryl/α,β-unsaturated/α-hetero) is 1. The Bertz CT molecular complexity index is 888. The summed E-state index contributed by atoms with van der Waals surface area (Å²) in [6, 6.07) is 18.2. The molecule has 1 fully saturated rings. The maximum absolute atomic E-state index is 13.0. The molecule has 2 aliphatic rings. The smallest absolute Gasteiger partial charge is 0.138 e. The van der Waals surface area contributed by atoms with Crippen LogP contribution in [0.4, 0.5) is 0 Å². The number of benzene rings is 2. The van der Waals surface area contributed by atoms with Gasteiger partial charge in [-0.2, -0.15) is 0 Å². The number of carbonyl (C=O) groups is 1. The van der Waals surface area contributed by atoms with Gasteiger partial charge in [0.1, 0.15) is 5.78 Å². The van der Waals surface area contributed by atoms with Crippen molar-refractivity contribution in [3.63, 3.8) is 0 Å². The van der Waals surface area contributed by atoms with Crippen LogP contribution in [0.3, 0.4) is 0 Å². The predicted molar refractivity (Wildman–Crippen MR) is 119 cm³/mol. The largest absolute Gasteiger partial charge is 0.403 e. The number of carbonyl (C=O) groups excluding carboxylic acids is 1. The minimum Gasteiger partial charge on any atom is -0.403 e. The lowest BCUT2D eigenvalue weighted by atomic mass is 9.79. The third-order valence-corrected chi connectivity index (χ3v) is 6.53. The molecule has 1 aliphatic heterocycles. The van der Waals surface area contributed by atoms with Crippen molar-refractivity contribution in [1.82, 2.24) is 5.01 Å². The number of hydrogen-bond acceptors (Lipinski definition) is 5. The highest BCUT2D eigenvalue weighted by molar-refractivity contribution is 5.83. The zero-order valence-corrected chi connectivity index (χ0v) is 17.4. The highest BCUT2D eigenvalue weighted by atomic mass is 16.5. The van der Waals surface area contributed by atoms with Crippen LogP contribution in [0.5, 0.6) is 0 Å². The Morgan fingerprint density at radius 1 is 1.03 bits per heavy atom. The number of fused-ring (bicyclic) bond motifs is 1. The normalized spacial score (nSPS) is 24.8. The molecule has 158 valence electrons. The van der Waals surface area contributed by atoms with Gasteiger partial charge in [-0.05, 0) is 42.7 Å². The molecule has 1 unspecified atom stereocenters. The average Bonchev–Trinajstić information content (AvgIpc) is 3.05. The fraction of sp³-hybridized carbons (Fsp3) is 0.400. The lowest BCUT2D eigenvalue weighted by Gasteiger charge is -2.29. The Labute approximate surface area is 178 Å². The Hall–Kier alpha value is -2.63. The maximum Gasteiger partial charge on any atom is 0.138 e. The lowest BCUT2D eigenvalue weighted by molar-refractivity contribution is -0.125. The molecule has 0 bridgehead atoms. The van der Waals surface area contributed by atoms with E-state index in [9.17, 15) is 4.79 Å². The van der Waals surface area contributed by atoms with Gasteiger partial charge < -0.3 is 15.5 Å². The third kappa shape index (κ3) is 4.42. The Morgan fingerprint density at radius 3 is 2.47 bits per heavy atom. The summed E-state index contributed by atoms with van der Waals surface area (Å²) in [6.07, 6.45) is 5.95. The second kappa shape index (κ2) is 9.45. The molecule has 1 heterocycles. The van der Waals surface area contributed by atoms with Gasteiger partial charge in [-0.3, -0.25) is 4.79 Å². The summed E-state index contributed by atoms with van der Waals surface area (Å²) in [7, 11) is 0. The standard InChI is InChI=1S/C25H31N3O2/c26-15-24-22-9-5-4-8-21(22)23(28(24)27)14-25(29)20-12-10-19(11-13-20)17-30-16-18-6-2-1-3-7-18/h1-9,15,19-20,23H,10-14,16-17,26-27H2/b24-15-. The van der Waals surface area contributed by atoms with Crippen molar-refractivity contribution in [1.29, 1.82) is 0 Å². The van der Waals surface area contributed by atoms with E-state index in [0.717, 1.165) is 49.1 Å². The molecule has 5 nitrogen and oxygen atoms in total. The van der Waals surface area contributed by atoms with E-state index >= 15 is 0 Å². The second-order valence-corrected chi connectivity index (χ2v) is 8.45. The van der Waals surface area contributed by atoms with Gasteiger partial charge in [0.25, 0.3) is 0 Å². The molecule has 30 heavy (non-hydrogen) atoms. The number of hydrazine groups is 1. The van der Waals surface area contributed by atoms with Crippen molar-refractivity contribution in [2.75, 3.05) is 6.61 Å². The summed E-state index contributed by atoms with van der Waals surface area (Å²) in [5.41, 5.74) is 9.90. The van der Waals surface area contributed by atoms with Crippen LogP contribution in [0.1, 0.15) is 54.8 Å². The zero-order valence-electron chi connectivity index (χ0n) is 17.4. The number of ether oxygens (including phenoxy) is 1. The van der Waals surface area contributed by atoms with Crippen molar-refractivity contribution in [3.8, 4) is 0 Å². The topological polar surface area (TPSA) is 81.6 Å². The van der Waals surface area contributed by atoms with Crippen LogP contribution < -0.4 is 11.6 Å².